The van der Waals surface area contributed by atoms with Crippen LogP contribution < -0.4 is 4.74 Å². The molecular formula is C10H10FO7S-. The van der Waals surface area contributed by atoms with Crippen LogP contribution in [0, 0.1) is 11.7 Å². The van der Waals surface area contributed by atoms with Crippen LogP contribution in [-0.2, 0) is 14.9 Å². The Morgan fingerprint density at radius 3 is 2.37 bits per heavy atom. The molecule has 19 heavy (non-hydrogen) atoms. The van der Waals surface area contributed by atoms with Gasteiger partial charge in [-0.3, -0.25) is 4.79 Å². The van der Waals surface area contributed by atoms with Crippen molar-refractivity contribution in [3.8, 4) is 5.75 Å². The number of aliphatic hydroxyl groups excluding tert-OH is 2. The predicted octanol–water partition coefficient (Wildman–Crippen LogP) is -0.764. The number of benzene rings is 1. The van der Waals surface area contributed by atoms with Gasteiger partial charge < -0.3 is 19.5 Å². The maximum atomic E-state index is 13.3. The molecule has 0 aliphatic heterocycles. The zero-order chi connectivity index (χ0) is 14.6. The molecule has 1 rings (SSSR count). The molecule has 0 atom stereocenters. The minimum absolute atomic E-state index is 0.346. The van der Waals surface area contributed by atoms with Gasteiger partial charge in [0.25, 0.3) is 0 Å². The lowest BCUT2D eigenvalue weighted by molar-refractivity contribution is -0.141. The minimum atomic E-state index is -4.95. The number of rotatable bonds is 5. The maximum absolute atomic E-state index is 13.3. The van der Waals surface area contributed by atoms with Gasteiger partial charge in [-0.1, -0.05) is 0 Å². The van der Waals surface area contributed by atoms with E-state index in [2.05, 4.69) is 4.74 Å². The Labute approximate surface area is 108 Å². The quantitative estimate of drug-likeness (QED) is 0.415. The topological polar surface area (TPSA) is 124 Å². The van der Waals surface area contributed by atoms with E-state index >= 15 is 0 Å². The van der Waals surface area contributed by atoms with Crippen LogP contribution in [-0.4, -0.2) is 42.4 Å². The van der Waals surface area contributed by atoms with E-state index in [4.69, 9.17) is 10.2 Å². The van der Waals surface area contributed by atoms with Gasteiger partial charge in [-0.25, -0.2) is 12.8 Å². The van der Waals surface area contributed by atoms with Gasteiger partial charge in [0.2, 0.25) is 0 Å². The predicted molar refractivity (Wildman–Crippen MR) is 57.7 cm³/mol. The first kappa shape index (κ1) is 15.5. The lowest BCUT2D eigenvalue weighted by Crippen LogP contribution is -2.26. The van der Waals surface area contributed by atoms with Crippen LogP contribution in [0.1, 0.15) is 0 Å². The zero-order valence-corrected chi connectivity index (χ0v) is 10.3. The number of ether oxygens (including phenoxy) is 1. The van der Waals surface area contributed by atoms with Crippen LogP contribution in [0.4, 0.5) is 4.39 Å². The van der Waals surface area contributed by atoms with Gasteiger partial charge in [-0.15, -0.1) is 0 Å². The average Bonchev–Trinajstić information content (AvgIpc) is 2.28. The molecular weight excluding hydrogens is 283 g/mol. The second-order valence-corrected chi connectivity index (χ2v) is 4.88. The van der Waals surface area contributed by atoms with Crippen LogP contribution in [0.5, 0.6) is 5.75 Å². The molecule has 1 aromatic rings. The molecule has 9 heteroatoms. The van der Waals surface area contributed by atoms with E-state index in [-0.39, 0.29) is 5.75 Å². The van der Waals surface area contributed by atoms with Gasteiger partial charge in [-0.2, -0.15) is 0 Å². The molecule has 0 spiro atoms. The van der Waals surface area contributed by atoms with Crippen LogP contribution in [0.2, 0.25) is 0 Å². The molecule has 0 amide bonds. The number of halogens is 1. The molecule has 0 bridgehead atoms. The summed E-state index contributed by atoms with van der Waals surface area (Å²) in [5.41, 5.74) is 0. The van der Waals surface area contributed by atoms with E-state index in [9.17, 15) is 22.2 Å². The highest BCUT2D eigenvalue weighted by Gasteiger charge is 2.19. The second kappa shape index (κ2) is 6.06. The summed E-state index contributed by atoms with van der Waals surface area (Å²) in [6.45, 7) is -1.32. The van der Waals surface area contributed by atoms with E-state index in [1.807, 2.05) is 0 Å². The largest absolute Gasteiger partial charge is 0.744 e. The van der Waals surface area contributed by atoms with Crippen molar-refractivity contribution in [3.63, 3.8) is 0 Å². The fraction of sp³-hybridized carbons (Fsp3) is 0.300. The Kier molecular flexibility index (Phi) is 4.95. The minimum Gasteiger partial charge on any atom is -0.744 e. The van der Waals surface area contributed by atoms with E-state index in [1.165, 1.54) is 0 Å². The van der Waals surface area contributed by atoms with Crippen molar-refractivity contribution in [1.82, 2.24) is 0 Å². The molecule has 0 heterocycles. The van der Waals surface area contributed by atoms with Gasteiger partial charge in [-0.05, 0) is 12.1 Å². The normalized spacial score (nSPS) is 11.6. The molecule has 0 aliphatic carbocycles. The van der Waals surface area contributed by atoms with Crippen molar-refractivity contribution >= 4 is 16.1 Å². The third kappa shape index (κ3) is 3.96. The third-order valence-corrected chi connectivity index (χ3v) is 3.03. The number of carbonyl (C=O) groups is 1. The molecule has 0 saturated carbocycles. The summed E-state index contributed by atoms with van der Waals surface area (Å²) in [4.78, 5) is 10.3. The fourth-order valence-corrected chi connectivity index (χ4v) is 1.69. The van der Waals surface area contributed by atoms with Crippen LogP contribution in [0.3, 0.4) is 0 Å². The van der Waals surface area contributed by atoms with Crippen molar-refractivity contribution in [1.29, 1.82) is 0 Å². The van der Waals surface area contributed by atoms with E-state index in [1.54, 1.807) is 0 Å². The van der Waals surface area contributed by atoms with E-state index in [0.717, 1.165) is 6.07 Å². The van der Waals surface area contributed by atoms with E-state index in [0.29, 0.717) is 12.1 Å². The smallest absolute Gasteiger partial charge is 0.319 e. The van der Waals surface area contributed by atoms with Crippen molar-refractivity contribution < 1.29 is 37.1 Å². The summed E-state index contributed by atoms with van der Waals surface area (Å²) in [6.07, 6.45) is 0. The van der Waals surface area contributed by atoms with Crippen molar-refractivity contribution in [2.24, 2.45) is 5.92 Å². The molecule has 0 aromatic heterocycles. The summed E-state index contributed by atoms with van der Waals surface area (Å²) in [6, 6.07) is 2.12. The summed E-state index contributed by atoms with van der Waals surface area (Å²) >= 11 is 0. The SMILES string of the molecule is O=C(Oc1ccc(S(=O)(=O)[O-])c(F)c1)C(CO)CO. The first-order chi connectivity index (χ1) is 8.79. The summed E-state index contributed by atoms with van der Waals surface area (Å²) in [7, 11) is -4.95. The van der Waals surface area contributed by atoms with Gasteiger partial charge in [0.15, 0.2) is 0 Å². The highest BCUT2D eigenvalue weighted by atomic mass is 32.2. The highest BCUT2D eigenvalue weighted by Crippen LogP contribution is 2.21. The summed E-state index contributed by atoms with van der Waals surface area (Å²) in [5.74, 6) is -3.90. The Balaban J connectivity index is 2.94. The van der Waals surface area contributed by atoms with Gasteiger partial charge in [0, 0.05) is 6.07 Å². The monoisotopic (exact) mass is 293 g/mol. The second-order valence-electron chi connectivity index (χ2n) is 3.53. The number of esters is 1. The number of hydrogen-bond acceptors (Lipinski definition) is 7. The van der Waals surface area contributed by atoms with Crippen molar-refractivity contribution in [2.75, 3.05) is 13.2 Å². The Bertz CT molecular complexity index is 565. The number of carbonyl (C=O) groups excluding carboxylic acids is 1. The molecule has 0 radical (unpaired) electrons. The molecule has 106 valence electrons. The standard InChI is InChI=1S/C10H11FO7S/c11-8-3-7(1-2-9(8)19(15,16)17)18-10(14)6(4-12)5-13/h1-3,6,12-13H,4-5H2,(H,15,16,17)/p-1. The fourth-order valence-electron chi connectivity index (χ4n) is 1.15. The van der Waals surface area contributed by atoms with Crippen LogP contribution in [0.25, 0.3) is 0 Å². The Morgan fingerprint density at radius 1 is 1.37 bits per heavy atom. The van der Waals surface area contributed by atoms with Gasteiger partial charge in [0.05, 0.1) is 18.1 Å². The zero-order valence-electron chi connectivity index (χ0n) is 9.45. The van der Waals surface area contributed by atoms with Crippen molar-refractivity contribution in [3.05, 3.63) is 24.0 Å². The maximum Gasteiger partial charge on any atom is 0.319 e. The van der Waals surface area contributed by atoms with Crippen LogP contribution in [0.15, 0.2) is 23.1 Å². The average molecular weight is 293 g/mol. The van der Waals surface area contributed by atoms with Gasteiger partial charge >= 0.3 is 5.97 Å². The van der Waals surface area contributed by atoms with Gasteiger partial charge in [0.1, 0.15) is 27.6 Å². The Hall–Kier alpha value is -1.55. The van der Waals surface area contributed by atoms with E-state index < -0.39 is 45.9 Å². The molecule has 1 aromatic carbocycles. The molecule has 0 fully saturated rings. The first-order valence-electron chi connectivity index (χ1n) is 4.98. The third-order valence-electron chi connectivity index (χ3n) is 2.17. The van der Waals surface area contributed by atoms with Crippen LogP contribution >= 0.6 is 0 Å². The Morgan fingerprint density at radius 2 is 1.95 bits per heavy atom. The lowest BCUT2D eigenvalue weighted by Gasteiger charge is -2.12. The summed E-state index contributed by atoms with van der Waals surface area (Å²) < 4.78 is 49.8. The lowest BCUT2D eigenvalue weighted by atomic mass is 10.2. The summed E-state index contributed by atoms with van der Waals surface area (Å²) in [5, 5.41) is 17.4. The number of aliphatic hydroxyl groups is 2. The molecule has 0 aliphatic rings. The van der Waals surface area contributed by atoms with Crippen molar-refractivity contribution in [2.45, 2.75) is 4.90 Å². The molecule has 2 N–H and O–H groups in total. The number of hydrogen-bond donors (Lipinski definition) is 2. The first-order valence-corrected chi connectivity index (χ1v) is 6.39. The highest BCUT2D eigenvalue weighted by molar-refractivity contribution is 7.85. The molecule has 7 nitrogen and oxygen atoms in total. The molecule has 0 unspecified atom stereocenters. The molecule has 0 saturated heterocycles.